The van der Waals surface area contributed by atoms with E-state index < -0.39 is 0 Å². The lowest BCUT2D eigenvalue weighted by Crippen LogP contribution is -2.24. The average molecular weight is 370 g/mol. The predicted molar refractivity (Wildman–Crippen MR) is 98.2 cm³/mol. The summed E-state index contributed by atoms with van der Waals surface area (Å²) in [4.78, 5) is 12.7. The van der Waals surface area contributed by atoms with E-state index in [0.717, 1.165) is 41.8 Å². The number of carbonyl (C=O) groups is 1. The number of nitrogens with one attached hydrogen (secondary N) is 1. The predicted octanol–water partition coefficient (Wildman–Crippen LogP) is 4.08. The van der Waals surface area contributed by atoms with E-state index in [4.69, 9.17) is 11.6 Å². The molecule has 132 valence electrons. The van der Waals surface area contributed by atoms with Gasteiger partial charge in [0.2, 0.25) is 0 Å². The number of benzene rings is 2. The van der Waals surface area contributed by atoms with Gasteiger partial charge in [0.05, 0.1) is 5.69 Å². The van der Waals surface area contributed by atoms with Gasteiger partial charge in [-0.25, -0.2) is 9.07 Å². The van der Waals surface area contributed by atoms with Crippen molar-refractivity contribution < 1.29 is 9.18 Å². The molecule has 0 fully saturated rings. The molecule has 1 aliphatic carbocycles. The van der Waals surface area contributed by atoms with E-state index in [1.54, 1.807) is 28.9 Å². The summed E-state index contributed by atoms with van der Waals surface area (Å²) in [6.45, 7) is 0.411. The van der Waals surface area contributed by atoms with Crippen LogP contribution in [0.4, 0.5) is 4.39 Å². The Labute approximate surface area is 155 Å². The van der Waals surface area contributed by atoms with Crippen LogP contribution in [0.25, 0.3) is 5.69 Å². The normalized spacial score (nSPS) is 12.8. The lowest BCUT2D eigenvalue weighted by molar-refractivity contribution is 0.0944. The molecule has 0 saturated heterocycles. The van der Waals surface area contributed by atoms with Crippen molar-refractivity contribution >= 4 is 17.5 Å². The maximum Gasteiger partial charge on any atom is 0.272 e. The number of aromatic nitrogens is 2. The Kier molecular flexibility index (Phi) is 4.47. The van der Waals surface area contributed by atoms with Crippen molar-refractivity contribution in [1.82, 2.24) is 15.1 Å². The first kappa shape index (κ1) is 16.8. The highest BCUT2D eigenvalue weighted by molar-refractivity contribution is 6.30. The molecule has 0 saturated carbocycles. The zero-order valence-electron chi connectivity index (χ0n) is 14.0. The van der Waals surface area contributed by atoms with Crippen LogP contribution in [0.1, 0.15) is 33.7 Å². The van der Waals surface area contributed by atoms with E-state index in [-0.39, 0.29) is 11.7 Å². The van der Waals surface area contributed by atoms with Gasteiger partial charge in [-0.2, -0.15) is 5.10 Å². The molecule has 0 atom stereocenters. The molecule has 6 heteroatoms. The highest BCUT2D eigenvalue weighted by Gasteiger charge is 2.26. The third-order valence-electron chi connectivity index (χ3n) is 4.58. The van der Waals surface area contributed by atoms with Gasteiger partial charge in [-0.1, -0.05) is 23.7 Å². The topological polar surface area (TPSA) is 46.9 Å². The number of carbonyl (C=O) groups excluding carboxylic acids is 1. The summed E-state index contributed by atoms with van der Waals surface area (Å²) in [5.41, 5.74) is 4.21. The Morgan fingerprint density at radius 2 is 1.85 bits per heavy atom. The SMILES string of the molecule is O=C(NCc1ccc(Cl)cc1)c1nn(-c2ccc(F)cc2)c2c1CCC2. The first-order valence-corrected chi connectivity index (χ1v) is 8.89. The van der Waals surface area contributed by atoms with Crippen molar-refractivity contribution in [1.29, 1.82) is 0 Å². The Hall–Kier alpha value is -2.66. The quantitative estimate of drug-likeness (QED) is 0.753. The standard InChI is InChI=1S/C20H17ClFN3O/c21-14-6-4-13(5-7-14)12-23-20(26)19-17-2-1-3-18(17)25(24-19)16-10-8-15(22)9-11-16/h4-11H,1-3,12H2,(H,23,26). The molecule has 1 N–H and O–H groups in total. The van der Waals surface area contributed by atoms with Crippen molar-refractivity contribution in [2.75, 3.05) is 0 Å². The summed E-state index contributed by atoms with van der Waals surface area (Å²) >= 11 is 5.88. The molecule has 0 bridgehead atoms. The second-order valence-corrected chi connectivity index (χ2v) is 6.76. The molecule has 4 nitrogen and oxygen atoms in total. The van der Waals surface area contributed by atoms with Crippen molar-refractivity contribution in [3.8, 4) is 5.69 Å². The monoisotopic (exact) mass is 369 g/mol. The number of halogens is 2. The van der Waals surface area contributed by atoms with Gasteiger partial charge in [0, 0.05) is 22.8 Å². The van der Waals surface area contributed by atoms with E-state index in [1.165, 1.54) is 12.1 Å². The average Bonchev–Trinajstić information content (AvgIpc) is 3.24. The molecule has 0 aliphatic heterocycles. The van der Waals surface area contributed by atoms with Gasteiger partial charge in [-0.3, -0.25) is 4.79 Å². The maximum atomic E-state index is 13.2. The van der Waals surface area contributed by atoms with Gasteiger partial charge in [0.25, 0.3) is 5.91 Å². The van der Waals surface area contributed by atoms with Gasteiger partial charge in [0.1, 0.15) is 5.82 Å². The molecule has 26 heavy (non-hydrogen) atoms. The summed E-state index contributed by atoms with van der Waals surface area (Å²) in [6, 6.07) is 13.5. The molecule has 3 aromatic rings. The zero-order chi connectivity index (χ0) is 18.1. The van der Waals surface area contributed by atoms with Crippen LogP contribution < -0.4 is 5.32 Å². The number of amides is 1. The third-order valence-corrected chi connectivity index (χ3v) is 4.83. The molecule has 0 unspecified atom stereocenters. The summed E-state index contributed by atoms with van der Waals surface area (Å²) in [7, 11) is 0. The lowest BCUT2D eigenvalue weighted by Gasteiger charge is -2.06. The van der Waals surface area contributed by atoms with Crippen LogP contribution in [0, 0.1) is 5.82 Å². The molecule has 0 spiro atoms. The number of nitrogens with zero attached hydrogens (tertiary/aromatic N) is 2. The molecular formula is C20H17ClFN3O. The Bertz CT molecular complexity index is 948. The van der Waals surface area contributed by atoms with Crippen LogP contribution in [-0.2, 0) is 19.4 Å². The summed E-state index contributed by atoms with van der Waals surface area (Å²) in [5.74, 6) is -0.488. The first-order chi connectivity index (χ1) is 12.6. The van der Waals surface area contributed by atoms with Crippen molar-refractivity contribution in [2.24, 2.45) is 0 Å². The van der Waals surface area contributed by atoms with Gasteiger partial charge in [-0.15, -0.1) is 0 Å². The molecule has 2 aromatic carbocycles. The minimum Gasteiger partial charge on any atom is -0.347 e. The van der Waals surface area contributed by atoms with Crippen LogP contribution in [0.5, 0.6) is 0 Å². The molecule has 1 heterocycles. The minimum atomic E-state index is -0.293. The van der Waals surface area contributed by atoms with Crippen LogP contribution in [-0.4, -0.2) is 15.7 Å². The van der Waals surface area contributed by atoms with Crippen LogP contribution >= 0.6 is 11.6 Å². The van der Waals surface area contributed by atoms with E-state index >= 15 is 0 Å². The molecule has 0 radical (unpaired) electrons. The second-order valence-electron chi connectivity index (χ2n) is 6.32. The van der Waals surface area contributed by atoms with Crippen molar-refractivity contribution in [3.05, 3.63) is 81.9 Å². The number of rotatable bonds is 4. The Morgan fingerprint density at radius 3 is 2.58 bits per heavy atom. The number of hydrogen-bond donors (Lipinski definition) is 1. The van der Waals surface area contributed by atoms with Gasteiger partial charge in [0.15, 0.2) is 5.69 Å². The van der Waals surface area contributed by atoms with Gasteiger partial charge >= 0.3 is 0 Å². The Balaban J connectivity index is 1.58. The van der Waals surface area contributed by atoms with Crippen LogP contribution in [0.15, 0.2) is 48.5 Å². The van der Waals surface area contributed by atoms with E-state index in [0.29, 0.717) is 17.3 Å². The molecule has 4 rings (SSSR count). The van der Waals surface area contributed by atoms with Crippen molar-refractivity contribution in [2.45, 2.75) is 25.8 Å². The first-order valence-electron chi connectivity index (χ1n) is 8.51. The summed E-state index contributed by atoms with van der Waals surface area (Å²) in [5, 5.41) is 8.10. The van der Waals surface area contributed by atoms with Gasteiger partial charge < -0.3 is 5.32 Å². The van der Waals surface area contributed by atoms with Crippen LogP contribution in [0.3, 0.4) is 0 Å². The summed E-state index contributed by atoms with van der Waals surface area (Å²) < 4.78 is 15.0. The fourth-order valence-electron chi connectivity index (χ4n) is 3.28. The zero-order valence-corrected chi connectivity index (χ0v) is 14.8. The molecular weight excluding hydrogens is 353 g/mol. The molecule has 1 amide bonds. The smallest absolute Gasteiger partial charge is 0.272 e. The maximum absolute atomic E-state index is 13.2. The summed E-state index contributed by atoms with van der Waals surface area (Å²) in [6.07, 6.45) is 2.69. The minimum absolute atomic E-state index is 0.195. The fraction of sp³-hybridized carbons (Fsp3) is 0.200. The third kappa shape index (κ3) is 3.22. The Morgan fingerprint density at radius 1 is 1.12 bits per heavy atom. The van der Waals surface area contributed by atoms with Gasteiger partial charge in [-0.05, 0) is 61.2 Å². The van der Waals surface area contributed by atoms with E-state index in [2.05, 4.69) is 10.4 Å². The highest BCUT2D eigenvalue weighted by Crippen LogP contribution is 2.28. The van der Waals surface area contributed by atoms with E-state index in [1.807, 2.05) is 12.1 Å². The fourth-order valence-corrected chi connectivity index (χ4v) is 3.41. The molecule has 1 aliphatic rings. The second kappa shape index (κ2) is 6.92. The van der Waals surface area contributed by atoms with Crippen LogP contribution in [0.2, 0.25) is 5.02 Å². The number of fused-ring (bicyclic) bond motifs is 1. The molecule has 1 aromatic heterocycles. The van der Waals surface area contributed by atoms with E-state index in [9.17, 15) is 9.18 Å². The number of hydrogen-bond acceptors (Lipinski definition) is 2. The highest BCUT2D eigenvalue weighted by atomic mass is 35.5. The largest absolute Gasteiger partial charge is 0.347 e. The lowest BCUT2D eigenvalue weighted by atomic mass is 10.2. The van der Waals surface area contributed by atoms with Crippen molar-refractivity contribution in [3.63, 3.8) is 0 Å².